The van der Waals surface area contributed by atoms with Crippen molar-refractivity contribution in [3.05, 3.63) is 111 Å². The van der Waals surface area contributed by atoms with Crippen LogP contribution in [0.5, 0.6) is 0 Å². The minimum Gasteiger partial charge on any atom is -0.450 e. The number of fused-ring (bicyclic) bond motifs is 2. The second-order valence-corrected chi connectivity index (χ2v) is 7.78. The number of rotatable bonds is 5. The van der Waals surface area contributed by atoms with Gasteiger partial charge >= 0.3 is 0 Å². The molecular formula is C26H22N2O3. The number of hydrogen-bond acceptors (Lipinski definition) is 4. The van der Waals surface area contributed by atoms with Crippen LogP contribution in [-0.2, 0) is 12.8 Å². The molecule has 0 N–H and O–H groups in total. The van der Waals surface area contributed by atoms with Gasteiger partial charge in [-0.25, -0.2) is 0 Å². The summed E-state index contributed by atoms with van der Waals surface area (Å²) in [6, 6.07) is 18.9. The molecule has 1 amide bonds. The van der Waals surface area contributed by atoms with Gasteiger partial charge in [0.05, 0.1) is 17.0 Å². The molecule has 1 aliphatic rings. The number of aryl methyl sites for hydroxylation is 1. The van der Waals surface area contributed by atoms with Crippen LogP contribution in [0.15, 0.2) is 82.3 Å². The lowest BCUT2D eigenvalue weighted by Crippen LogP contribution is -2.31. The number of benzene rings is 2. The van der Waals surface area contributed by atoms with Crippen molar-refractivity contribution < 1.29 is 9.21 Å². The Bertz CT molecular complexity index is 1310. The number of hydrogen-bond donors (Lipinski definition) is 0. The van der Waals surface area contributed by atoms with E-state index in [-0.39, 0.29) is 17.1 Å². The summed E-state index contributed by atoms with van der Waals surface area (Å²) in [6.07, 6.45) is 4.88. The third-order valence-corrected chi connectivity index (χ3v) is 5.94. The maximum absolute atomic E-state index is 13.6. The standard InChI is InChI=1S/C26H22N2O3/c1-2-17-8-9-21-20(16-17)24(29)22-23(19-10-13-27-14-11-19)28(26(30)25(22)31-21)15-12-18-6-4-3-5-7-18/h3-11,13-14,16,23H,2,12,15H2,1H3. The molecule has 0 saturated carbocycles. The molecule has 1 atom stereocenters. The Labute approximate surface area is 180 Å². The molecule has 0 aliphatic carbocycles. The van der Waals surface area contributed by atoms with E-state index in [1.165, 1.54) is 0 Å². The Morgan fingerprint density at radius 1 is 0.968 bits per heavy atom. The van der Waals surface area contributed by atoms with Gasteiger partial charge in [-0.1, -0.05) is 43.3 Å². The topological polar surface area (TPSA) is 63.4 Å². The molecule has 31 heavy (non-hydrogen) atoms. The lowest BCUT2D eigenvalue weighted by molar-refractivity contribution is 0.0730. The molecule has 2 aromatic carbocycles. The maximum Gasteiger partial charge on any atom is 0.290 e. The van der Waals surface area contributed by atoms with Gasteiger partial charge in [-0.2, -0.15) is 0 Å². The second kappa shape index (κ2) is 7.84. The van der Waals surface area contributed by atoms with Crippen molar-refractivity contribution in [1.82, 2.24) is 9.88 Å². The molecule has 0 saturated heterocycles. The van der Waals surface area contributed by atoms with Crippen molar-refractivity contribution in [2.75, 3.05) is 6.54 Å². The van der Waals surface area contributed by atoms with Crippen molar-refractivity contribution in [2.24, 2.45) is 0 Å². The number of aromatic nitrogens is 1. The van der Waals surface area contributed by atoms with Gasteiger partial charge in [0.15, 0.2) is 5.43 Å². The van der Waals surface area contributed by atoms with Gasteiger partial charge in [0.2, 0.25) is 5.76 Å². The first-order valence-corrected chi connectivity index (χ1v) is 10.5. The smallest absolute Gasteiger partial charge is 0.290 e. The van der Waals surface area contributed by atoms with Crippen molar-refractivity contribution in [3.63, 3.8) is 0 Å². The zero-order valence-electron chi connectivity index (χ0n) is 17.2. The molecule has 5 rings (SSSR count). The number of carbonyl (C=O) groups excluding carboxylic acids is 1. The molecule has 2 aromatic heterocycles. The maximum atomic E-state index is 13.6. The van der Waals surface area contributed by atoms with Crippen LogP contribution < -0.4 is 5.43 Å². The van der Waals surface area contributed by atoms with Gasteiger partial charge in [-0.3, -0.25) is 14.6 Å². The van der Waals surface area contributed by atoms with Crippen LogP contribution in [0.4, 0.5) is 0 Å². The Kier molecular flexibility index (Phi) is 4.86. The van der Waals surface area contributed by atoms with Crippen LogP contribution in [-0.4, -0.2) is 22.3 Å². The third-order valence-electron chi connectivity index (χ3n) is 5.94. The van der Waals surface area contributed by atoms with Gasteiger partial charge < -0.3 is 9.32 Å². The van der Waals surface area contributed by atoms with Crippen LogP contribution in [0, 0.1) is 0 Å². The lowest BCUT2D eigenvalue weighted by atomic mass is 9.98. The molecule has 1 unspecified atom stereocenters. The molecule has 0 radical (unpaired) electrons. The number of nitrogens with zero attached hydrogens (tertiary/aromatic N) is 2. The highest BCUT2D eigenvalue weighted by atomic mass is 16.3. The minimum absolute atomic E-state index is 0.135. The number of amides is 1. The molecule has 0 fully saturated rings. The average molecular weight is 410 g/mol. The Balaban J connectivity index is 1.65. The zero-order valence-corrected chi connectivity index (χ0v) is 17.2. The van der Waals surface area contributed by atoms with Gasteiger partial charge in [-0.15, -0.1) is 0 Å². The van der Waals surface area contributed by atoms with Crippen molar-refractivity contribution >= 4 is 16.9 Å². The lowest BCUT2D eigenvalue weighted by Gasteiger charge is -2.25. The van der Waals surface area contributed by atoms with Crippen LogP contribution in [0.3, 0.4) is 0 Å². The van der Waals surface area contributed by atoms with E-state index < -0.39 is 6.04 Å². The number of pyridine rings is 1. The first kappa shape index (κ1) is 19.2. The van der Waals surface area contributed by atoms with Gasteiger partial charge in [0.1, 0.15) is 5.58 Å². The molecular weight excluding hydrogens is 388 g/mol. The van der Waals surface area contributed by atoms with E-state index in [1.807, 2.05) is 61.5 Å². The quantitative estimate of drug-likeness (QED) is 0.485. The van der Waals surface area contributed by atoms with Gasteiger partial charge in [-0.05, 0) is 53.8 Å². The van der Waals surface area contributed by atoms with Crippen LogP contribution in [0.25, 0.3) is 11.0 Å². The predicted octanol–water partition coefficient (Wildman–Crippen LogP) is 4.54. The summed E-state index contributed by atoms with van der Waals surface area (Å²) in [5, 5.41) is 0.523. The SMILES string of the molecule is CCc1ccc2oc3c(c(=O)c2c1)C(c1ccncc1)N(CCc1ccccc1)C3=O. The van der Waals surface area contributed by atoms with E-state index >= 15 is 0 Å². The Morgan fingerprint density at radius 3 is 2.48 bits per heavy atom. The molecule has 0 bridgehead atoms. The van der Waals surface area contributed by atoms with E-state index in [1.54, 1.807) is 23.4 Å². The van der Waals surface area contributed by atoms with Crippen LogP contribution in [0.1, 0.15) is 45.8 Å². The van der Waals surface area contributed by atoms with E-state index in [0.717, 1.165) is 23.1 Å². The molecule has 3 heterocycles. The summed E-state index contributed by atoms with van der Waals surface area (Å²) in [6.45, 7) is 2.53. The highest BCUT2D eigenvalue weighted by Crippen LogP contribution is 2.38. The minimum atomic E-state index is -0.486. The third kappa shape index (κ3) is 3.32. The Morgan fingerprint density at radius 2 is 1.74 bits per heavy atom. The number of carbonyl (C=O) groups is 1. The summed E-state index contributed by atoms with van der Waals surface area (Å²) >= 11 is 0. The summed E-state index contributed by atoms with van der Waals surface area (Å²) in [5.74, 6) is -0.0945. The van der Waals surface area contributed by atoms with Crippen molar-refractivity contribution in [2.45, 2.75) is 25.8 Å². The zero-order chi connectivity index (χ0) is 21.4. The van der Waals surface area contributed by atoms with Crippen molar-refractivity contribution in [1.29, 1.82) is 0 Å². The Hall–Kier alpha value is -3.73. The summed E-state index contributed by atoms with van der Waals surface area (Å²) in [4.78, 5) is 32.8. The largest absolute Gasteiger partial charge is 0.450 e. The molecule has 1 aliphatic heterocycles. The van der Waals surface area contributed by atoms with Crippen LogP contribution >= 0.6 is 0 Å². The van der Waals surface area contributed by atoms with E-state index in [9.17, 15) is 9.59 Å². The van der Waals surface area contributed by atoms with Gasteiger partial charge in [0, 0.05) is 18.9 Å². The first-order chi connectivity index (χ1) is 15.2. The highest BCUT2D eigenvalue weighted by Gasteiger charge is 2.42. The molecule has 5 nitrogen and oxygen atoms in total. The second-order valence-electron chi connectivity index (χ2n) is 7.78. The normalized spacial score (nSPS) is 15.5. The van der Waals surface area contributed by atoms with E-state index in [0.29, 0.717) is 29.5 Å². The average Bonchev–Trinajstić information content (AvgIpc) is 3.10. The fraction of sp³-hybridized carbons (Fsp3) is 0.192. The highest BCUT2D eigenvalue weighted by molar-refractivity contribution is 5.99. The molecule has 154 valence electrons. The monoisotopic (exact) mass is 410 g/mol. The van der Waals surface area contributed by atoms with E-state index in [4.69, 9.17) is 4.42 Å². The van der Waals surface area contributed by atoms with E-state index in [2.05, 4.69) is 4.98 Å². The van der Waals surface area contributed by atoms with Crippen LogP contribution in [0.2, 0.25) is 0 Å². The summed E-state index contributed by atoms with van der Waals surface area (Å²) < 4.78 is 6.02. The first-order valence-electron chi connectivity index (χ1n) is 10.5. The summed E-state index contributed by atoms with van der Waals surface area (Å²) in [5.41, 5.74) is 3.79. The van der Waals surface area contributed by atoms with Crippen molar-refractivity contribution in [3.8, 4) is 0 Å². The predicted molar refractivity (Wildman–Crippen MR) is 119 cm³/mol. The summed E-state index contributed by atoms with van der Waals surface area (Å²) in [7, 11) is 0. The molecule has 5 heteroatoms. The van der Waals surface area contributed by atoms with Gasteiger partial charge in [0.25, 0.3) is 5.91 Å². The molecule has 4 aromatic rings. The fourth-order valence-corrected chi connectivity index (χ4v) is 4.30. The fourth-order valence-electron chi connectivity index (χ4n) is 4.30. The molecule has 0 spiro atoms.